The summed E-state index contributed by atoms with van der Waals surface area (Å²) in [5.41, 5.74) is 7.62. The zero-order chi connectivity index (χ0) is 15.4. The van der Waals surface area contributed by atoms with Crippen molar-refractivity contribution >= 4 is 11.7 Å². The number of ether oxygens (including phenoxy) is 1. The summed E-state index contributed by atoms with van der Waals surface area (Å²) in [4.78, 5) is 11.0. The summed E-state index contributed by atoms with van der Waals surface area (Å²) in [6.07, 6.45) is 1.08. The quantitative estimate of drug-likeness (QED) is 0.804. The van der Waals surface area contributed by atoms with Crippen molar-refractivity contribution in [1.29, 1.82) is 0 Å². The Labute approximate surface area is 124 Å². The van der Waals surface area contributed by atoms with Crippen molar-refractivity contribution in [1.82, 2.24) is 0 Å². The lowest BCUT2D eigenvalue weighted by atomic mass is 9.99. The van der Waals surface area contributed by atoms with Crippen LogP contribution in [0.25, 0.3) is 0 Å². The van der Waals surface area contributed by atoms with Gasteiger partial charge in [-0.25, -0.2) is 4.79 Å². The van der Waals surface area contributed by atoms with E-state index in [4.69, 9.17) is 15.6 Å². The molecule has 2 rings (SSSR count). The van der Waals surface area contributed by atoms with E-state index in [2.05, 4.69) is 13.8 Å². The molecule has 0 amide bonds. The van der Waals surface area contributed by atoms with Crippen molar-refractivity contribution < 1.29 is 14.6 Å². The Morgan fingerprint density at radius 3 is 2.48 bits per heavy atom. The van der Waals surface area contributed by atoms with Crippen LogP contribution in [0.2, 0.25) is 0 Å². The van der Waals surface area contributed by atoms with Gasteiger partial charge in [0.2, 0.25) is 0 Å². The average molecular weight is 285 g/mol. The molecule has 2 aromatic rings. The second-order valence-electron chi connectivity index (χ2n) is 5.04. The largest absolute Gasteiger partial charge is 0.478 e. The number of carboxylic acid groups (broad SMARTS) is 1. The molecular weight excluding hydrogens is 266 g/mol. The topological polar surface area (TPSA) is 72.5 Å². The molecule has 0 heterocycles. The van der Waals surface area contributed by atoms with Crippen molar-refractivity contribution in [2.45, 2.75) is 26.2 Å². The number of rotatable bonds is 5. The Balaban J connectivity index is 2.22. The molecule has 0 aliphatic carbocycles. The number of nitrogens with two attached hydrogens (primary N) is 1. The number of hydrogen-bond acceptors (Lipinski definition) is 3. The molecule has 4 nitrogen and oxygen atoms in total. The van der Waals surface area contributed by atoms with E-state index in [1.165, 1.54) is 23.8 Å². The summed E-state index contributed by atoms with van der Waals surface area (Å²) in [5.74, 6) is 0.480. The van der Waals surface area contributed by atoms with Gasteiger partial charge in [0.05, 0.1) is 11.3 Å². The monoisotopic (exact) mass is 285 g/mol. The van der Waals surface area contributed by atoms with Gasteiger partial charge in [0, 0.05) is 0 Å². The van der Waals surface area contributed by atoms with Gasteiger partial charge in [0.1, 0.15) is 5.75 Å². The van der Waals surface area contributed by atoms with E-state index in [1.54, 1.807) is 0 Å². The molecule has 0 saturated carbocycles. The second-order valence-corrected chi connectivity index (χ2v) is 5.04. The number of hydrogen-bond donors (Lipinski definition) is 2. The summed E-state index contributed by atoms with van der Waals surface area (Å²) in [7, 11) is 0. The van der Waals surface area contributed by atoms with E-state index in [0.717, 1.165) is 6.42 Å². The van der Waals surface area contributed by atoms with E-state index in [9.17, 15) is 4.79 Å². The van der Waals surface area contributed by atoms with Crippen LogP contribution in [0.5, 0.6) is 11.5 Å². The van der Waals surface area contributed by atoms with Gasteiger partial charge in [-0.15, -0.1) is 0 Å². The number of carbonyl (C=O) groups is 1. The predicted molar refractivity (Wildman–Crippen MR) is 83.0 cm³/mol. The summed E-state index contributed by atoms with van der Waals surface area (Å²) in [5, 5.41) is 8.99. The first-order valence-electron chi connectivity index (χ1n) is 6.92. The maximum atomic E-state index is 11.0. The van der Waals surface area contributed by atoms with Crippen LogP contribution in [-0.2, 0) is 0 Å². The van der Waals surface area contributed by atoms with Crippen LogP contribution in [0.3, 0.4) is 0 Å². The van der Waals surface area contributed by atoms with Gasteiger partial charge >= 0.3 is 5.97 Å². The molecule has 110 valence electrons. The molecule has 0 aliphatic rings. The maximum Gasteiger partial charge on any atom is 0.335 e. The van der Waals surface area contributed by atoms with E-state index in [1.807, 2.05) is 24.3 Å². The average Bonchev–Trinajstić information content (AvgIpc) is 2.49. The van der Waals surface area contributed by atoms with Gasteiger partial charge in [-0.2, -0.15) is 0 Å². The molecule has 4 heteroatoms. The highest BCUT2D eigenvalue weighted by Gasteiger charge is 2.09. The summed E-state index contributed by atoms with van der Waals surface area (Å²) in [6, 6.07) is 12.2. The molecule has 0 aliphatic heterocycles. The van der Waals surface area contributed by atoms with Gasteiger partial charge in [-0.3, -0.25) is 0 Å². The van der Waals surface area contributed by atoms with Crippen LogP contribution in [0.15, 0.2) is 42.5 Å². The fourth-order valence-corrected chi connectivity index (χ4v) is 1.98. The lowest BCUT2D eigenvalue weighted by Crippen LogP contribution is -1.99. The molecule has 0 spiro atoms. The minimum atomic E-state index is -1.01. The molecule has 3 N–H and O–H groups in total. The van der Waals surface area contributed by atoms with Crippen LogP contribution in [-0.4, -0.2) is 11.1 Å². The minimum absolute atomic E-state index is 0.149. The number of benzene rings is 2. The summed E-state index contributed by atoms with van der Waals surface area (Å²) in [6.45, 7) is 4.32. The van der Waals surface area contributed by atoms with Crippen LogP contribution in [0.4, 0.5) is 5.69 Å². The highest BCUT2D eigenvalue weighted by Crippen LogP contribution is 2.29. The van der Waals surface area contributed by atoms with E-state index < -0.39 is 5.97 Å². The van der Waals surface area contributed by atoms with Gasteiger partial charge in [0.15, 0.2) is 5.75 Å². The van der Waals surface area contributed by atoms with E-state index in [0.29, 0.717) is 23.1 Å². The van der Waals surface area contributed by atoms with Gasteiger partial charge in [-0.1, -0.05) is 26.0 Å². The summed E-state index contributed by atoms with van der Waals surface area (Å²) >= 11 is 0. The Morgan fingerprint density at radius 2 is 1.90 bits per heavy atom. The van der Waals surface area contributed by atoms with Crippen LogP contribution < -0.4 is 10.5 Å². The van der Waals surface area contributed by atoms with Gasteiger partial charge in [0.25, 0.3) is 0 Å². The zero-order valence-corrected chi connectivity index (χ0v) is 12.2. The van der Waals surface area contributed by atoms with Crippen molar-refractivity contribution in [3.63, 3.8) is 0 Å². The van der Waals surface area contributed by atoms with Gasteiger partial charge in [-0.05, 0) is 48.2 Å². The molecule has 0 saturated heterocycles. The molecule has 0 fully saturated rings. The fraction of sp³-hybridized carbons (Fsp3) is 0.235. The SMILES string of the molecule is CCC(C)c1ccc(Oc2cc(C(=O)O)ccc2N)cc1. The Hall–Kier alpha value is -2.49. The molecule has 0 radical (unpaired) electrons. The highest BCUT2D eigenvalue weighted by atomic mass is 16.5. The fourth-order valence-electron chi connectivity index (χ4n) is 1.98. The molecule has 0 aromatic heterocycles. The van der Waals surface area contributed by atoms with Crippen LogP contribution in [0, 0.1) is 0 Å². The molecule has 21 heavy (non-hydrogen) atoms. The second kappa shape index (κ2) is 6.31. The van der Waals surface area contributed by atoms with E-state index >= 15 is 0 Å². The predicted octanol–water partition coefficient (Wildman–Crippen LogP) is 4.27. The first-order chi connectivity index (χ1) is 10.0. The third-order valence-corrected chi connectivity index (χ3v) is 3.55. The molecule has 1 unspecified atom stereocenters. The zero-order valence-electron chi connectivity index (χ0n) is 12.2. The number of aromatic carboxylic acids is 1. The Bertz CT molecular complexity index is 635. The normalized spacial score (nSPS) is 11.9. The number of anilines is 1. The molecule has 0 bridgehead atoms. The standard InChI is InChI=1S/C17H19NO3/c1-3-11(2)12-4-7-14(8-5-12)21-16-10-13(17(19)20)6-9-15(16)18/h4-11H,3,18H2,1-2H3,(H,19,20). The number of nitrogen functional groups attached to an aromatic ring is 1. The molecule has 2 aromatic carbocycles. The minimum Gasteiger partial charge on any atom is -0.478 e. The maximum absolute atomic E-state index is 11.0. The van der Waals surface area contributed by atoms with E-state index in [-0.39, 0.29) is 5.56 Å². The first kappa shape index (κ1) is 14.9. The third-order valence-electron chi connectivity index (χ3n) is 3.55. The van der Waals surface area contributed by atoms with Crippen molar-refractivity contribution in [3.05, 3.63) is 53.6 Å². The van der Waals surface area contributed by atoms with Crippen molar-refractivity contribution in [3.8, 4) is 11.5 Å². The third kappa shape index (κ3) is 3.54. The van der Waals surface area contributed by atoms with Crippen molar-refractivity contribution in [2.24, 2.45) is 0 Å². The molecular formula is C17H19NO3. The smallest absolute Gasteiger partial charge is 0.335 e. The highest BCUT2D eigenvalue weighted by molar-refractivity contribution is 5.89. The van der Waals surface area contributed by atoms with Crippen LogP contribution >= 0.6 is 0 Å². The Kier molecular flexibility index (Phi) is 4.48. The first-order valence-corrected chi connectivity index (χ1v) is 6.92. The van der Waals surface area contributed by atoms with Crippen molar-refractivity contribution in [2.75, 3.05) is 5.73 Å². The lowest BCUT2D eigenvalue weighted by molar-refractivity contribution is 0.0696. The Morgan fingerprint density at radius 1 is 1.24 bits per heavy atom. The number of carboxylic acids is 1. The summed E-state index contributed by atoms with van der Waals surface area (Å²) < 4.78 is 5.68. The van der Waals surface area contributed by atoms with Crippen LogP contribution in [0.1, 0.15) is 42.1 Å². The van der Waals surface area contributed by atoms with Gasteiger partial charge < -0.3 is 15.6 Å². The molecule has 1 atom stereocenters. The lowest BCUT2D eigenvalue weighted by Gasteiger charge is -2.12.